The Morgan fingerprint density at radius 3 is 2.00 bits per heavy atom. The van der Waals surface area contributed by atoms with E-state index < -0.39 is 0 Å². The van der Waals surface area contributed by atoms with E-state index in [1.165, 1.54) is 18.4 Å². The van der Waals surface area contributed by atoms with Crippen LogP contribution < -0.4 is 24.4 Å². The predicted molar refractivity (Wildman–Crippen MR) is 137 cm³/mol. The summed E-state index contributed by atoms with van der Waals surface area (Å²) in [5.41, 5.74) is 2.87. The number of amides is 1. The predicted octanol–water partition coefficient (Wildman–Crippen LogP) is 4.52. The lowest BCUT2D eigenvalue weighted by molar-refractivity contribution is 0.0936. The molecular formula is C27H39N3O4. The van der Waals surface area contributed by atoms with Crippen molar-refractivity contribution in [1.29, 1.82) is 0 Å². The Morgan fingerprint density at radius 1 is 0.941 bits per heavy atom. The lowest BCUT2D eigenvalue weighted by Gasteiger charge is -2.28. The summed E-state index contributed by atoms with van der Waals surface area (Å²) in [5.74, 6) is 1.43. The maximum atomic E-state index is 13.2. The van der Waals surface area contributed by atoms with E-state index in [2.05, 4.69) is 39.4 Å². The molecule has 1 atom stereocenters. The van der Waals surface area contributed by atoms with E-state index in [1.54, 1.807) is 12.1 Å². The molecule has 3 rings (SSSR count). The molecule has 7 heteroatoms. The third-order valence-electron chi connectivity index (χ3n) is 6.00. The summed E-state index contributed by atoms with van der Waals surface area (Å²) in [5, 5.41) is 3.16. The number of carbonyl (C=O) groups excluding carboxylic acids is 1. The first kappa shape index (κ1) is 25.7. The van der Waals surface area contributed by atoms with E-state index in [-0.39, 0.29) is 11.9 Å². The average molecular weight is 470 g/mol. The van der Waals surface area contributed by atoms with Gasteiger partial charge in [-0.25, -0.2) is 0 Å². The van der Waals surface area contributed by atoms with Crippen molar-refractivity contribution in [3.63, 3.8) is 0 Å². The molecule has 2 aromatic rings. The number of hydrogen-bond acceptors (Lipinski definition) is 6. The van der Waals surface area contributed by atoms with Crippen molar-refractivity contribution in [2.24, 2.45) is 0 Å². The fourth-order valence-electron chi connectivity index (χ4n) is 4.32. The van der Waals surface area contributed by atoms with Crippen molar-refractivity contribution < 1.29 is 19.0 Å². The highest BCUT2D eigenvalue weighted by Gasteiger charge is 2.25. The van der Waals surface area contributed by atoms with Gasteiger partial charge >= 0.3 is 0 Å². The molecule has 34 heavy (non-hydrogen) atoms. The lowest BCUT2D eigenvalue weighted by Crippen LogP contribution is -2.36. The number of anilines is 1. The average Bonchev–Trinajstić information content (AvgIpc) is 3.36. The van der Waals surface area contributed by atoms with Crippen LogP contribution in [-0.4, -0.2) is 64.4 Å². The van der Waals surface area contributed by atoms with Gasteiger partial charge in [0.25, 0.3) is 5.91 Å². The molecule has 1 saturated heterocycles. The SMILES string of the molecule is CCOc1cc(C(=O)NC[C@H](c2ccc(N(C)C)cc2)N2CCCC2)cc(OCC)c1OCC. The van der Waals surface area contributed by atoms with Crippen LogP contribution in [0.1, 0.15) is 55.6 Å². The summed E-state index contributed by atoms with van der Waals surface area (Å²) in [7, 11) is 4.08. The van der Waals surface area contributed by atoms with Crippen molar-refractivity contribution in [2.45, 2.75) is 39.7 Å². The lowest BCUT2D eigenvalue weighted by atomic mass is 10.0. The Kier molecular flexibility index (Phi) is 9.45. The Morgan fingerprint density at radius 2 is 1.50 bits per heavy atom. The highest BCUT2D eigenvalue weighted by Crippen LogP contribution is 2.39. The molecule has 0 radical (unpaired) electrons. The van der Waals surface area contributed by atoms with Gasteiger partial charge in [0.15, 0.2) is 11.5 Å². The molecule has 0 unspecified atom stereocenters. The molecule has 0 saturated carbocycles. The fraction of sp³-hybridized carbons (Fsp3) is 0.519. The van der Waals surface area contributed by atoms with Gasteiger partial charge in [-0.15, -0.1) is 0 Å². The zero-order valence-corrected chi connectivity index (χ0v) is 21.2. The molecule has 1 fully saturated rings. The van der Waals surface area contributed by atoms with Crippen molar-refractivity contribution in [3.8, 4) is 17.2 Å². The van der Waals surface area contributed by atoms with E-state index in [0.29, 0.717) is 49.2 Å². The van der Waals surface area contributed by atoms with E-state index in [4.69, 9.17) is 14.2 Å². The maximum Gasteiger partial charge on any atom is 0.251 e. The summed E-state index contributed by atoms with van der Waals surface area (Å²) in [4.78, 5) is 17.8. The molecule has 1 amide bonds. The van der Waals surface area contributed by atoms with Gasteiger partial charge in [-0.3, -0.25) is 9.69 Å². The number of ether oxygens (including phenoxy) is 3. The summed E-state index contributed by atoms with van der Waals surface area (Å²) in [6, 6.07) is 12.2. The highest BCUT2D eigenvalue weighted by atomic mass is 16.5. The number of nitrogens with zero attached hydrogens (tertiary/aromatic N) is 2. The number of hydrogen-bond donors (Lipinski definition) is 1. The van der Waals surface area contributed by atoms with Crippen LogP contribution in [-0.2, 0) is 0 Å². The highest BCUT2D eigenvalue weighted by molar-refractivity contribution is 5.95. The van der Waals surface area contributed by atoms with E-state index in [0.717, 1.165) is 18.8 Å². The Bertz CT molecular complexity index is 897. The standard InChI is InChI=1S/C27H39N3O4/c1-6-32-24-17-21(18-25(33-7-2)26(24)34-8-3)27(31)28-19-23(30-15-9-10-16-30)20-11-13-22(14-12-20)29(4)5/h11-14,17-18,23H,6-10,15-16,19H2,1-5H3,(H,28,31)/t23-/m1/s1. The van der Waals surface area contributed by atoms with Crippen LogP contribution in [0.5, 0.6) is 17.2 Å². The van der Waals surface area contributed by atoms with Gasteiger partial charge in [-0.2, -0.15) is 0 Å². The molecule has 0 aliphatic carbocycles. The third-order valence-corrected chi connectivity index (χ3v) is 6.00. The van der Waals surface area contributed by atoms with Gasteiger partial charge in [0.1, 0.15) is 0 Å². The second-order valence-electron chi connectivity index (χ2n) is 8.56. The van der Waals surface area contributed by atoms with Crippen LogP contribution in [0.4, 0.5) is 5.69 Å². The van der Waals surface area contributed by atoms with E-state index in [9.17, 15) is 4.79 Å². The van der Waals surface area contributed by atoms with E-state index >= 15 is 0 Å². The summed E-state index contributed by atoms with van der Waals surface area (Å²) in [6.07, 6.45) is 2.38. The summed E-state index contributed by atoms with van der Waals surface area (Å²) in [6.45, 7) is 9.76. The molecule has 0 aromatic heterocycles. The number of benzene rings is 2. The zero-order valence-electron chi connectivity index (χ0n) is 21.2. The van der Waals surface area contributed by atoms with Gasteiger partial charge in [0, 0.05) is 31.9 Å². The van der Waals surface area contributed by atoms with Crippen molar-refractivity contribution in [3.05, 3.63) is 47.5 Å². The molecule has 0 spiro atoms. The maximum absolute atomic E-state index is 13.2. The Labute approximate surface area is 204 Å². The van der Waals surface area contributed by atoms with Crippen molar-refractivity contribution in [1.82, 2.24) is 10.2 Å². The third kappa shape index (κ3) is 6.35. The van der Waals surface area contributed by atoms with Gasteiger partial charge in [-0.05, 0) is 76.5 Å². The Hall–Kier alpha value is -2.93. The molecule has 2 aromatic carbocycles. The van der Waals surface area contributed by atoms with Gasteiger partial charge in [0.2, 0.25) is 5.75 Å². The first-order valence-electron chi connectivity index (χ1n) is 12.3. The number of nitrogens with one attached hydrogen (secondary N) is 1. The summed E-state index contributed by atoms with van der Waals surface area (Å²) < 4.78 is 17.3. The molecular weight excluding hydrogens is 430 g/mol. The van der Waals surface area contributed by atoms with Crippen LogP contribution in [0.15, 0.2) is 36.4 Å². The Balaban J connectivity index is 1.81. The van der Waals surface area contributed by atoms with Crippen LogP contribution in [0.3, 0.4) is 0 Å². The minimum atomic E-state index is -0.154. The topological polar surface area (TPSA) is 63.3 Å². The number of carbonyl (C=O) groups is 1. The van der Waals surface area contributed by atoms with Crippen molar-refractivity contribution in [2.75, 3.05) is 58.5 Å². The zero-order chi connectivity index (χ0) is 24.5. The van der Waals surface area contributed by atoms with Gasteiger partial charge < -0.3 is 24.4 Å². The monoisotopic (exact) mass is 469 g/mol. The second kappa shape index (κ2) is 12.5. The van der Waals surface area contributed by atoms with Gasteiger partial charge in [0.05, 0.1) is 25.9 Å². The van der Waals surface area contributed by atoms with Crippen LogP contribution in [0.25, 0.3) is 0 Å². The van der Waals surface area contributed by atoms with Crippen LogP contribution in [0, 0.1) is 0 Å². The second-order valence-corrected chi connectivity index (χ2v) is 8.56. The molecule has 0 bridgehead atoms. The minimum absolute atomic E-state index is 0.128. The van der Waals surface area contributed by atoms with Crippen LogP contribution in [0.2, 0.25) is 0 Å². The number of likely N-dealkylation sites (tertiary alicyclic amines) is 1. The number of rotatable bonds is 12. The van der Waals surface area contributed by atoms with Crippen LogP contribution >= 0.6 is 0 Å². The smallest absolute Gasteiger partial charge is 0.251 e. The first-order valence-corrected chi connectivity index (χ1v) is 12.3. The quantitative estimate of drug-likeness (QED) is 0.493. The normalized spacial score (nSPS) is 14.5. The largest absolute Gasteiger partial charge is 0.490 e. The molecule has 7 nitrogen and oxygen atoms in total. The minimum Gasteiger partial charge on any atom is -0.490 e. The molecule has 186 valence electrons. The van der Waals surface area contributed by atoms with Gasteiger partial charge in [-0.1, -0.05) is 12.1 Å². The first-order chi connectivity index (χ1) is 16.5. The van der Waals surface area contributed by atoms with E-state index in [1.807, 2.05) is 34.9 Å². The van der Waals surface area contributed by atoms with Crippen molar-refractivity contribution >= 4 is 11.6 Å². The summed E-state index contributed by atoms with van der Waals surface area (Å²) >= 11 is 0. The molecule has 1 N–H and O–H groups in total. The molecule has 1 heterocycles. The molecule has 1 aliphatic rings. The molecule has 1 aliphatic heterocycles. The fourth-order valence-corrected chi connectivity index (χ4v) is 4.32.